The van der Waals surface area contributed by atoms with Gasteiger partial charge in [0.15, 0.2) is 0 Å². The van der Waals surface area contributed by atoms with E-state index in [9.17, 15) is 0 Å². The maximum absolute atomic E-state index is 3.91. The lowest BCUT2D eigenvalue weighted by Gasteiger charge is -2.26. The lowest BCUT2D eigenvalue weighted by Crippen LogP contribution is -2.40. The molecule has 0 aromatic rings. The Morgan fingerprint density at radius 2 is 1.88 bits per heavy atom. The summed E-state index contributed by atoms with van der Waals surface area (Å²) in [5.74, 6) is 0. The van der Waals surface area contributed by atoms with Crippen LogP contribution in [0.2, 0.25) is 0 Å². The van der Waals surface area contributed by atoms with Gasteiger partial charge in [-0.25, -0.2) is 0 Å². The number of quaternary nitrogens is 1. The molecule has 0 atom stereocenters. The minimum absolute atomic E-state index is 1.07. The van der Waals surface area contributed by atoms with E-state index in [1.807, 2.05) is 0 Å². The van der Waals surface area contributed by atoms with E-state index in [1.165, 1.54) is 30.4 Å². The van der Waals surface area contributed by atoms with Gasteiger partial charge in [-0.05, 0) is 0 Å². The molecule has 1 nitrogen and oxygen atoms in total. The minimum Gasteiger partial charge on any atom is -0.326 e. The standard InChI is InChI=1S/C7H15N/c1-3-8(2)6-4-5-7-8/h1,3-7H2,2H3/q+1. The molecule has 0 bridgehead atoms. The Bertz CT molecular complexity index is 72.5. The monoisotopic (exact) mass is 113 g/mol. The van der Waals surface area contributed by atoms with Crippen LogP contribution in [0.1, 0.15) is 12.8 Å². The van der Waals surface area contributed by atoms with E-state index in [2.05, 4.69) is 14.0 Å². The fraction of sp³-hybridized carbons (Fsp3) is 0.857. The highest BCUT2D eigenvalue weighted by Gasteiger charge is 2.23. The van der Waals surface area contributed by atoms with E-state index in [0.717, 1.165) is 6.54 Å². The Hall–Kier alpha value is -0.0400. The molecule has 0 saturated carbocycles. The molecule has 0 aromatic carbocycles. The number of nitrogens with zero attached hydrogens (tertiary/aromatic N) is 1. The summed E-state index contributed by atoms with van der Waals surface area (Å²) in [5.41, 5.74) is 0. The first kappa shape index (κ1) is 6.09. The molecule has 1 aliphatic rings. The number of rotatable bonds is 1. The highest BCUT2D eigenvalue weighted by Crippen LogP contribution is 2.14. The first-order valence-electron chi connectivity index (χ1n) is 3.40. The molecule has 1 heteroatoms. The minimum atomic E-state index is 1.07. The summed E-state index contributed by atoms with van der Waals surface area (Å²) in [5, 5.41) is 0. The van der Waals surface area contributed by atoms with Gasteiger partial charge in [0.05, 0.1) is 26.7 Å². The Labute approximate surface area is 51.9 Å². The normalized spacial score (nSPS) is 26.2. The van der Waals surface area contributed by atoms with E-state index in [1.54, 1.807) is 0 Å². The third-order valence-electron chi connectivity index (χ3n) is 2.19. The van der Waals surface area contributed by atoms with Crippen LogP contribution in [0.3, 0.4) is 0 Å². The molecular weight excluding hydrogens is 98.1 g/mol. The molecule has 0 amide bonds. The van der Waals surface area contributed by atoms with Crippen LogP contribution in [0.5, 0.6) is 0 Å². The zero-order chi connectivity index (χ0) is 6.04. The molecule has 8 heavy (non-hydrogen) atoms. The second-order valence-electron chi connectivity index (χ2n) is 3.00. The largest absolute Gasteiger partial charge is 0.326 e. The average Bonchev–Trinajstić information content (AvgIpc) is 2.17. The summed E-state index contributed by atoms with van der Waals surface area (Å²) >= 11 is 0. The van der Waals surface area contributed by atoms with Crippen molar-refractivity contribution in [3.05, 3.63) is 6.92 Å². The van der Waals surface area contributed by atoms with Crippen LogP contribution in [0.15, 0.2) is 0 Å². The summed E-state index contributed by atoms with van der Waals surface area (Å²) in [6.07, 6.45) is 2.82. The van der Waals surface area contributed by atoms with Crippen molar-refractivity contribution < 1.29 is 4.48 Å². The molecule has 1 saturated heterocycles. The lowest BCUT2D eigenvalue weighted by atomic mass is 10.4. The van der Waals surface area contributed by atoms with E-state index in [0.29, 0.717) is 0 Å². The zero-order valence-corrected chi connectivity index (χ0v) is 5.69. The first-order valence-corrected chi connectivity index (χ1v) is 3.40. The Kier molecular flexibility index (Phi) is 1.57. The van der Waals surface area contributed by atoms with Gasteiger partial charge in [-0.1, -0.05) is 0 Å². The maximum atomic E-state index is 3.91. The second-order valence-corrected chi connectivity index (χ2v) is 3.00. The summed E-state index contributed by atoms with van der Waals surface area (Å²) in [7, 11) is 2.29. The van der Waals surface area contributed by atoms with Crippen LogP contribution >= 0.6 is 0 Å². The van der Waals surface area contributed by atoms with Crippen LogP contribution in [0.4, 0.5) is 0 Å². The van der Waals surface area contributed by atoms with Crippen molar-refractivity contribution in [2.75, 3.05) is 26.7 Å². The maximum Gasteiger partial charge on any atom is 0.0786 e. The second kappa shape index (κ2) is 2.06. The van der Waals surface area contributed by atoms with Crippen molar-refractivity contribution in [3.8, 4) is 0 Å². The predicted molar refractivity (Wildman–Crippen MR) is 35.4 cm³/mol. The highest BCUT2D eigenvalue weighted by atomic mass is 15.3. The van der Waals surface area contributed by atoms with Gasteiger partial charge in [-0.15, -0.1) is 0 Å². The lowest BCUT2D eigenvalue weighted by molar-refractivity contribution is -0.892. The van der Waals surface area contributed by atoms with Crippen LogP contribution < -0.4 is 0 Å². The quantitative estimate of drug-likeness (QED) is 0.446. The van der Waals surface area contributed by atoms with Gasteiger partial charge in [0.1, 0.15) is 0 Å². The van der Waals surface area contributed by atoms with Gasteiger partial charge in [0, 0.05) is 19.8 Å². The molecule has 0 unspecified atom stereocenters. The van der Waals surface area contributed by atoms with E-state index in [-0.39, 0.29) is 0 Å². The van der Waals surface area contributed by atoms with Crippen molar-refractivity contribution in [1.82, 2.24) is 0 Å². The van der Waals surface area contributed by atoms with Crippen LogP contribution in [0, 0.1) is 6.92 Å². The van der Waals surface area contributed by atoms with Crippen molar-refractivity contribution >= 4 is 0 Å². The van der Waals surface area contributed by atoms with Crippen molar-refractivity contribution in [3.63, 3.8) is 0 Å². The molecule has 0 aromatic heterocycles. The van der Waals surface area contributed by atoms with Gasteiger partial charge < -0.3 is 4.48 Å². The molecule has 47 valence electrons. The van der Waals surface area contributed by atoms with Gasteiger partial charge in [0.2, 0.25) is 0 Å². The predicted octanol–water partition coefficient (Wildman–Crippen LogP) is 1.06. The van der Waals surface area contributed by atoms with Gasteiger partial charge in [-0.3, -0.25) is 0 Å². The van der Waals surface area contributed by atoms with Crippen LogP contribution in [0.25, 0.3) is 0 Å². The van der Waals surface area contributed by atoms with Gasteiger partial charge >= 0.3 is 0 Å². The topological polar surface area (TPSA) is 0 Å². The number of likely N-dealkylation sites (tertiary alicyclic amines) is 1. The van der Waals surface area contributed by atoms with Crippen molar-refractivity contribution in [1.29, 1.82) is 0 Å². The van der Waals surface area contributed by atoms with Crippen LogP contribution in [-0.4, -0.2) is 31.2 Å². The third-order valence-corrected chi connectivity index (χ3v) is 2.19. The van der Waals surface area contributed by atoms with E-state index < -0.39 is 0 Å². The van der Waals surface area contributed by atoms with E-state index in [4.69, 9.17) is 0 Å². The zero-order valence-electron chi connectivity index (χ0n) is 5.69. The molecule has 0 aliphatic carbocycles. The molecule has 1 aliphatic heterocycles. The Morgan fingerprint density at radius 1 is 1.38 bits per heavy atom. The summed E-state index contributed by atoms with van der Waals surface area (Å²) in [4.78, 5) is 0. The average molecular weight is 113 g/mol. The van der Waals surface area contributed by atoms with Crippen LogP contribution in [-0.2, 0) is 0 Å². The molecule has 0 spiro atoms. The fourth-order valence-corrected chi connectivity index (χ4v) is 1.32. The number of hydrogen-bond acceptors (Lipinski definition) is 0. The Balaban J connectivity index is 2.40. The summed E-state index contributed by atoms with van der Waals surface area (Å²) < 4.78 is 1.21. The molecule has 1 heterocycles. The molecule has 1 radical (unpaired) electrons. The molecule has 0 N–H and O–H groups in total. The molecule has 1 fully saturated rings. The summed E-state index contributed by atoms with van der Waals surface area (Å²) in [6.45, 7) is 7.68. The molecular formula is C7H15N+. The SMILES string of the molecule is [CH2]C[N+]1(C)CCCC1. The van der Waals surface area contributed by atoms with Gasteiger partial charge in [-0.2, -0.15) is 0 Å². The molecule has 1 rings (SSSR count). The first-order chi connectivity index (χ1) is 3.77. The van der Waals surface area contributed by atoms with Crippen molar-refractivity contribution in [2.45, 2.75) is 12.8 Å². The van der Waals surface area contributed by atoms with Gasteiger partial charge in [0.25, 0.3) is 0 Å². The summed E-state index contributed by atoms with van der Waals surface area (Å²) in [6, 6.07) is 0. The third kappa shape index (κ3) is 1.03. The fourth-order valence-electron chi connectivity index (χ4n) is 1.32. The number of hydrogen-bond donors (Lipinski definition) is 0. The smallest absolute Gasteiger partial charge is 0.0786 e. The Morgan fingerprint density at radius 3 is 2.12 bits per heavy atom. The van der Waals surface area contributed by atoms with E-state index >= 15 is 0 Å². The highest BCUT2D eigenvalue weighted by molar-refractivity contribution is 4.51. The van der Waals surface area contributed by atoms with Crippen molar-refractivity contribution in [2.24, 2.45) is 0 Å².